The summed E-state index contributed by atoms with van der Waals surface area (Å²) in [7, 11) is -4.04. The molecule has 0 bridgehead atoms. The van der Waals surface area contributed by atoms with Gasteiger partial charge in [-0.15, -0.1) is 0 Å². The molecule has 2 aromatic carbocycles. The van der Waals surface area contributed by atoms with Gasteiger partial charge in [0.25, 0.3) is 0 Å². The lowest BCUT2D eigenvalue weighted by atomic mass is 10.1. The summed E-state index contributed by atoms with van der Waals surface area (Å²) in [6.07, 6.45) is 4.23. The van der Waals surface area contributed by atoms with Crippen LogP contribution in [0.5, 0.6) is 0 Å². The molecule has 0 spiro atoms. The van der Waals surface area contributed by atoms with Crippen LogP contribution >= 0.6 is 0 Å². The van der Waals surface area contributed by atoms with Crippen molar-refractivity contribution in [2.24, 2.45) is 0 Å². The second-order valence-corrected chi connectivity index (χ2v) is 10.8. The van der Waals surface area contributed by atoms with E-state index in [0.29, 0.717) is 30.8 Å². The van der Waals surface area contributed by atoms with Crippen LogP contribution in [0.15, 0.2) is 63.2 Å². The summed E-state index contributed by atoms with van der Waals surface area (Å²) < 4.78 is 43.7. The fourth-order valence-corrected chi connectivity index (χ4v) is 5.96. The molecule has 0 saturated carbocycles. The van der Waals surface area contributed by atoms with Crippen LogP contribution in [-0.4, -0.2) is 50.6 Å². The topological polar surface area (TPSA) is 62.6 Å². The fraction of sp³-hybridized carbons (Fsp3) is 0.423. The number of hydrogen-bond donors (Lipinski definition) is 0. The molecule has 1 aromatic heterocycles. The van der Waals surface area contributed by atoms with Gasteiger partial charge in [0.15, 0.2) is 0 Å². The van der Waals surface area contributed by atoms with Crippen LogP contribution < -0.4 is 10.3 Å². The van der Waals surface area contributed by atoms with Gasteiger partial charge in [-0.25, -0.2) is 12.8 Å². The number of anilines is 1. The Bertz CT molecular complexity index is 1310. The Morgan fingerprint density at radius 2 is 1.65 bits per heavy atom. The molecule has 1 saturated heterocycles. The van der Waals surface area contributed by atoms with E-state index in [2.05, 4.69) is 11.8 Å². The summed E-state index contributed by atoms with van der Waals surface area (Å²) in [6.45, 7) is 8.92. The molecule has 0 unspecified atom stereocenters. The van der Waals surface area contributed by atoms with Gasteiger partial charge in [0, 0.05) is 38.9 Å². The summed E-state index contributed by atoms with van der Waals surface area (Å²) in [5.74, 6) is -0.496. The van der Waals surface area contributed by atoms with Crippen molar-refractivity contribution in [2.75, 3.05) is 37.6 Å². The van der Waals surface area contributed by atoms with Gasteiger partial charge in [-0.2, -0.15) is 0 Å². The van der Waals surface area contributed by atoms with Crippen LogP contribution in [0.4, 0.5) is 10.1 Å². The minimum absolute atomic E-state index is 0.0514. The fourth-order valence-electron chi connectivity index (χ4n) is 4.58. The Morgan fingerprint density at radius 1 is 0.941 bits per heavy atom. The van der Waals surface area contributed by atoms with Crippen molar-refractivity contribution >= 4 is 26.4 Å². The van der Waals surface area contributed by atoms with Crippen molar-refractivity contribution in [3.63, 3.8) is 0 Å². The number of aromatic nitrogens is 1. The Labute approximate surface area is 200 Å². The zero-order valence-electron chi connectivity index (χ0n) is 19.8. The zero-order valence-corrected chi connectivity index (χ0v) is 20.7. The monoisotopic (exact) mass is 485 g/mol. The quantitative estimate of drug-likeness (QED) is 0.476. The largest absolute Gasteiger partial charge is 0.367 e. The van der Waals surface area contributed by atoms with Gasteiger partial charge in [0.05, 0.1) is 21.5 Å². The van der Waals surface area contributed by atoms with Gasteiger partial charge < -0.3 is 9.47 Å². The van der Waals surface area contributed by atoms with Crippen molar-refractivity contribution in [1.29, 1.82) is 0 Å². The summed E-state index contributed by atoms with van der Waals surface area (Å²) in [6, 6.07) is 10.8. The zero-order chi connectivity index (χ0) is 24.3. The number of halogens is 1. The molecule has 182 valence electrons. The minimum atomic E-state index is -4.04. The van der Waals surface area contributed by atoms with E-state index in [1.807, 2.05) is 11.8 Å². The van der Waals surface area contributed by atoms with Crippen LogP contribution in [0.3, 0.4) is 0 Å². The molecule has 0 radical (unpaired) electrons. The van der Waals surface area contributed by atoms with Crippen LogP contribution in [0.25, 0.3) is 10.9 Å². The SMILES string of the molecule is CCCCn1cc(S(=O)(=O)c2ccccc2)c(=O)c2cc(F)c(N3CCN(CCC)CC3)cc21. The van der Waals surface area contributed by atoms with E-state index in [1.165, 1.54) is 24.4 Å². The number of piperazine rings is 1. The molecule has 1 aliphatic heterocycles. The number of pyridine rings is 1. The lowest BCUT2D eigenvalue weighted by Gasteiger charge is -2.36. The average molecular weight is 486 g/mol. The van der Waals surface area contributed by atoms with E-state index < -0.39 is 21.1 Å². The van der Waals surface area contributed by atoms with Crippen LogP contribution in [0.2, 0.25) is 0 Å². The number of fused-ring (bicyclic) bond motifs is 1. The van der Waals surface area contributed by atoms with Gasteiger partial charge >= 0.3 is 0 Å². The first kappa shape index (κ1) is 24.4. The molecular weight excluding hydrogens is 453 g/mol. The molecule has 1 fully saturated rings. The van der Waals surface area contributed by atoms with Crippen molar-refractivity contribution in [1.82, 2.24) is 9.47 Å². The lowest BCUT2D eigenvalue weighted by molar-refractivity contribution is 0.258. The van der Waals surface area contributed by atoms with Gasteiger partial charge in [-0.3, -0.25) is 9.69 Å². The molecule has 34 heavy (non-hydrogen) atoms. The highest BCUT2D eigenvalue weighted by Crippen LogP contribution is 2.28. The normalized spacial score (nSPS) is 15.2. The first-order chi connectivity index (χ1) is 16.4. The molecular formula is C26H32FN3O3S. The summed E-state index contributed by atoms with van der Waals surface area (Å²) in [5.41, 5.74) is 0.370. The third-order valence-corrected chi connectivity index (χ3v) is 8.23. The van der Waals surface area contributed by atoms with E-state index in [0.717, 1.165) is 38.9 Å². The number of sulfone groups is 1. The van der Waals surface area contributed by atoms with E-state index in [1.54, 1.807) is 28.8 Å². The molecule has 0 amide bonds. The first-order valence-corrected chi connectivity index (χ1v) is 13.5. The van der Waals surface area contributed by atoms with Crippen LogP contribution in [0.1, 0.15) is 33.1 Å². The number of rotatable bonds is 8. The molecule has 2 heterocycles. The van der Waals surface area contributed by atoms with E-state index in [4.69, 9.17) is 0 Å². The van der Waals surface area contributed by atoms with Crippen molar-refractivity contribution in [2.45, 2.75) is 49.4 Å². The van der Waals surface area contributed by atoms with Crippen LogP contribution in [0, 0.1) is 5.82 Å². The number of benzene rings is 2. The summed E-state index contributed by atoms with van der Waals surface area (Å²) in [5, 5.41) is 0.0963. The second kappa shape index (κ2) is 10.3. The smallest absolute Gasteiger partial charge is 0.211 e. The number of unbranched alkanes of at least 4 members (excludes halogenated alkanes) is 1. The maximum Gasteiger partial charge on any atom is 0.211 e. The van der Waals surface area contributed by atoms with E-state index >= 15 is 4.39 Å². The minimum Gasteiger partial charge on any atom is -0.367 e. The summed E-state index contributed by atoms with van der Waals surface area (Å²) in [4.78, 5) is 17.5. The lowest BCUT2D eigenvalue weighted by Crippen LogP contribution is -2.46. The number of aryl methyl sites for hydroxylation is 1. The second-order valence-electron chi connectivity index (χ2n) is 8.84. The van der Waals surface area contributed by atoms with Gasteiger partial charge in [0.1, 0.15) is 10.7 Å². The summed E-state index contributed by atoms with van der Waals surface area (Å²) >= 11 is 0. The highest BCUT2D eigenvalue weighted by Gasteiger charge is 2.26. The highest BCUT2D eigenvalue weighted by molar-refractivity contribution is 7.91. The first-order valence-electron chi connectivity index (χ1n) is 12.0. The van der Waals surface area contributed by atoms with Gasteiger partial charge in [-0.1, -0.05) is 38.5 Å². The third kappa shape index (κ3) is 4.74. The van der Waals surface area contributed by atoms with Gasteiger partial charge in [0.2, 0.25) is 15.3 Å². The van der Waals surface area contributed by atoms with E-state index in [9.17, 15) is 13.2 Å². The van der Waals surface area contributed by atoms with Crippen molar-refractivity contribution in [3.8, 4) is 0 Å². The van der Waals surface area contributed by atoms with Gasteiger partial charge in [-0.05, 0) is 43.7 Å². The average Bonchev–Trinajstić information content (AvgIpc) is 2.85. The van der Waals surface area contributed by atoms with Crippen LogP contribution in [-0.2, 0) is 16.4 Å². The number of hydrogen-bond acceptors (Lipinski definition) is 5. The molecule has 0 atom stereocenters. The predicted molar refractivity (Wildman–Crippen MR) is 134 cm³/mol. The molecule has 0 N–H and O–H groups in total. The molecule has 8 heteroatoms. The molecule has 6 nitrogen and oxygen atoms in total. The highest BCUT2D eigenvalue weighted by atomic mass is 32.2. The Morgan fingerprint density at radius 3 is 2.29 bits per heavy atom. The third-order valence-electron chi connectivity index (χ3n) is 6.46. The standard InChI is InChI=1S/C26H32FN3O3S/c1-3-5-12-30-19-25(34(32,33)20-9-7-6-8-10-20)26(31)21-17-22(27)24(18-23(21)30)29-15-13-28(11-4-2)14-16-29/h6-10,17-19H,3-5,11-16H2,1-2H3. The number of nitrogens with zero attached hydrogens (tertiary/aromatic N) is 3. The van der Waals surface area contributed by atoms with E-state index in [-0.39, 0.29) is 15.2 Å². The van der Waals surface area contributed by atoms with Crippen molar-refractivity contribution < 1.29 is 12.8 Å². The molecule has 0 aliphatic carbocycles. The maximum absolute atomic E-state index is 15.3. The van der Waals surface area contributed by atoms with Crippen molar-refractivity contribution in [3.05, 3.63) is 64.7 Å². The maximum atomic E-state index is 15.3. The Balaban J connectivity index is 1.83. The molecule has 3 aromatic rings. The molecule has 1 aliphatic rings. The molecule has 4 rings (SSSR count). The predicted octanol–water partition coefficient (Wildman–Crippen LogP) is 4.31. The Hall–Kier alpha value is -2.71. The Kier molecular flexibility index (Phi) is 7.38.